The molecular weight excluding hydrogens is 257 g/mol. The first-order chi connectivity index (χ1) is 9.34. The molecule has 0 heterocycles. The average Bonchev–Trinajstić information content (AvgIpc) is 2.36. The molecule has 5 heteroatoms. The lowest BCUT2D eigenvalue weighted by molar-refractivity contribution is -0.0255. The van der Waals surface area contributed by atoms with Crippen molar-refractivity contribution < 1.29 is 9.50 Å². The molecule has 1 aromatic carbocycles. The molecule has 112 valence electrons. The Morgan fingerprint density at radius 1 is 1.40 bits per heavy atom. The molecule has 0 aliphatic heterocycles. The Bertz CT molecular complexity index is 486. The molecule has 0 bridgehead atoms. The number of hydrogen-bond donors (Lipinski definition) is 3. The van der Waals surface area contributed by atoms with Crippen molar-refractivity contribution in [2.75, 3.05) is 17.3 Å². The second-order valence-corrected chi connectivity index (χ2v) is 5.28. The van der Waals surface area contributed by atoms with Gasteiger partial charge in [0.2, 0.25) is 0 Å². The van der Waals surface area contributed by atoms with Gasteiger partial charge >= 0.3 is 0 Å². The van der Waals surface area contributed by atoms with E-state index in [0.29, 0.717) is 22.5 Å². The Kier molecular flexibility index (Phi) is 5.14. The second-order valence-electron chi connectivity index (χ2n) is 5.28. The molecule has 1 aliphatic rings. The first-order valence-corrected chi connectivity index (χ1v) is 6.64. The summed E-state index contributed by atoms with van der Waals surface area (Å²) in [6.07, 6.45) is 2.46. The van der Waals surface area contributed by atoms with Crippen LogP contribution in [0.1, 0.15) is 30.4 Å². The highest BCUT2D eigenvalue weighted by atomic mass is 19.1. The maximum atomic E-state index is 13.9. The molecule has 1 saturated carbocycles. The Morgan fingerprint density at radius 2 is 1.95 bits per heavy atom. The third-order valence-corrected chi connectivity index (χ3v) is 3.71. The molecule has 0 amide bonds. The fourth-order valence-corrected chi connectivity index (χ4v) is 2.50. The minimum atomic E-state index is -0.755. The van der Waals surface area contributed by atoms with Gasteiger partial charge in [0, 0.05) is 5.56 Å². The molecule has 0 spiro atoms. The van der Waals surface area contributed by atoms with E-state index >= 15 is 0 Å². The Balaban J connectivity index is 0.000000956. The number of rotatable bonds is 3. The highest BCUT2D eigenvalue weighted by Gasteiger charge is 2.36. The molecule has 2 rings (SSSR count). The monoisotopic (exact) mass is 281 g/mol. The van der Waals surface area contributed by atoms with E-state index in [1.165, 1.54) is 5.01 Å². The van der Waals surface area contributed by atoms with E-state index in [9.17, 15) is 9.50 Å². The molecule has 0 atom stereocenters. The van der Waals surface area contributed by atoms with Crippen LogP contribution in [0.4, 0.5) is 15.8 Å². The van der Waals surface area contributed by atoms with Crippen molar-refractivity contribution in [2.24, 2.45) is 5.84 Å². The van der Waals surface area contributed by atoms with Crippen molar-refractivity contribution in [2.45, 2.75) is 38.7 Å². The zero-order valence-electron chi connectivity index (χ0n) is 12.2. The first kappa shape index (κ1) is 16.5. The number of nitrogens with zero attached hydrogens (tertiary/aromatic N) is 1. The summed E-state index contributed by atoms with van der Waals surface area (Å²) < 4.78 is 13.9. The van der Waals surface area contributed by atoms with E-state index in [4.69, 9.17) is 11.6 Å². The van der Waals surface area contributed by atoms with E-state index in [-0.39, 0.29) is 12.4 Å². The topological polar surface area (TPSA) is 75.5 Å². The van der Waals surface area contributed by atoms with Crippen molar-refractivity contribution in [3.05, 3.63) is 36.2 Å². The standard InChI is InChI=1S/C13H20FN3O.C2H4/c1-8-6-10(15)12(9(2)11(8)14)17(16)7-13(18)4-3-5-13;1-2/h6,18H,3-5,7,15-16H2,1-2H3;1-2H2. The summed E-state index contributed by atoms with van der Waals surface area (Å²) in [4.78, 5) is 0. The predicted molar refractivity (Wildman–Crippen MR) is 81.9 cm³/mol. The van der Waals surface area contributed by atoms with Gasteiger partial charge in [-0.05, 0) is 44.7 Å². The van der Waals surface area contributed by atoms with Crippen LogP contribution < -0.4 is 16.6 Å². The summed E-state index contributed by atoms with van der Waals surface area (Å²) >= 11 is 0. The predicted octanol–water partition coefficient (Wildman–Crippen LogP) is 2.42. The maximum Gasteiger partial charge on any atom is 0.131 e. The largest absolute Gasteiger partial charge is 0.397 e. The van der Waals surface area contributed by atoms with Crippen LogP contribution in [0.15, 0.2) is 19.2 Å². The molecule has 1 aliphatic carbocycles. The molecule has 0 radical (unpaired) electrons. The smallest absolute Gasteiger partial charge is 0.131 e. The number of hydrogen-bond acceptors (Lipinski definition) is 4. The zero-order valence-corrected chi connectivity index (χ0v) is 12.2. The third kappa shape index (κ3) is 3.11. The van der Waals surface area contributed by atoms with E-state index in [0.717, 1.165) is 19.3 Å². The van der Waals surface area contributed by atoms with Gasteiger partial charge in [-0.25, -0.2) is 10.2 Å². The van der Waals surface area contributed by atoms with Crippen LogP contribution in [-0.2, 0) is 0 Å². The summed E-state index contributed by atoms with van der Waals surface area (Å²) in [7, 11) is 0. The van der Waals surface area contributed by atoms with Crippen LogP contribution in [0.2, 0.25) is 0 Å². The minimum Gasteiger partial charge on any atom is -0.397 e. The van der Waals surface area contributed by atoms with E-state index in [1.807, 2.05) is 0 Å². The quantitative estimate of drug-likeness (QED) is 0.344. The Hall–Kier alpha value is -1.59. The summed E-state index contributed by atoms with van der Waals surface area (Å²) in [6.45, 7) is 9.60. The Morgan fingerprint density at radius 3 is 2.40 bits per heavy atom. The van der Waals surface area contributed by atoms with Gasteiger partial charge in [0.15, 0.2) is 0 Å². The van der Waals surface area contributed by atoms with Gasteiger partial charge in [-0.1, -0.05) is 0 Å². The molecule has 4 nitrogen and oxygen atoms in total. The van der Waals surface area contributed by atoms with Crippen LogP contribution >= 0.6 is 0 Å². The van der Waals surface area contributed by atoms with Gasteiger partial charge in [-0.15, -0.1) is 13.2 Å². The number of aliphatic hydroxyl groups is 1. The van der Waals surface area contributed by atoms with E-state index < -0.39 is 5.60 Å². The molecule has 20 heavy (non-hydrogen) atoms. The molecule has 5 N–H and O–H groups in total. The normalized spacial score (nSPS) is 15.8. The van der Waals surface area contributed by atoms with Crippen LogP contribution in [0.25, 0.3) is 0 Å². The summed E-state index contributed by atoms with van der Waals surface area (Å²) in [6, 6.07) is 1.57. The van der Waals surface area contributed by atoms with Crippen LogP contribution in [-0.4, -0.2) is 17.3 Å². The third-order valence-electron chi connectivity index (χ3n) is 3.71. The summed E-state index contributed by atoms with van der Waals surface area (Å²) in [5.41, 5.74) is 6.99. The average molecular weight is 281 g/mol. The van der Waals surface area contributed by atoms with E-state index in [1.54, 1.807) is 19.9 Å². The van der Waals surface area contributed by atoms with Crippen molar-refractivity contribution >= 4 is 11.4 Å². The SMILES string of the molecule is C=C.Cc1cc(N)c(N(N)CC2(O)CCC2)c(C)c1F. The van der Waals surface area contributed by atoms with Gasteiger partial charge < -0.3 is 15.8 Å². The van der Waals surface area contributed by atoms with Crippen molar-refractivity contribution in [3.63, 3.8) is 0 Å². The first-order valence-electron chi connectivity index (χ1n) is 6.64. The fraction of sp³-hybridized carbons (Fsp3) is 0.467. The van der Waals surface area contributed by atoms with Crippen molar-refractivity contribution in [1.82, 2.24) is 0 Å². The lowest BCUT2D eigenvalue weighted by atomic mass is 9.80. The van der Waals surface area contributed by atoms with Gasteiger partial charge in [0.05, 0.1) is 23.5 Å². The molecule has 0 unspecified atom stereocenters. The molecule has 0 aromatic heterocycles. The van der Waals surface area contributed by atoms with E-state index in [2.05, 4.69) is 13.2 Å². The summed E-state index contributed by atoms with van der Waals surface area (Å²) in [5.74, 6) is 5.64. The number of nitrogens with two attached hydrogens (primary N) is 2. The minimum absolute atomic E-state index is 0.278. The van der Waals surface area contributed by atoms with Crippen molar-refractivity contribution in [3.8, 4) is 0 Å². The Labute approximate surface area is 119 Å². The second kappa shape index (κ2) is 6.24. The maximum absolute atomic E-state index is 13.9. The molecule has 1 aromatic rings. The van der Waals surface area contributed by atoms with Gasteiger partial charge in [-0.3, -0.25) is 0 Å². The number of hydrazine groups is 1. The van der Waals surface area contributed by atoms with Gasteiger partial charge in [0.1, 0.15) is 5.82 Å². The highest BCUT2D eigenvalue weighted by molar-refractivity contribution is 5.72. The lowest BCUT2D eigenvalue weighted by Crippen LogP contribution is -2.51. The van der Waals surface area contributed by atoms with Crippen LogP contribution in [0, 0.1) is 19.7 Å². The number of benzene rings is 1. The van der Waals surface area contributed by atoms with Gasteiger partial charge in [0.25, 0.3) is 0 Å². The number of halogens is 1. The lowest BCUT2D eigenvalue weighted by Gasteiger charge is -2.40. The fourth-order valence-electron chi connectivity index (χ4n) is 2.50. The zero-order chi connectivity index (χ0) is 15.5. The highest BCUT2D eigenvalue weighted by Crippen LogP contribution is 2.35. The summed E-state index contributed by atoms with van der Waals surface area (Å²) in [5, 5.41) is 11.5. The van der Waals surface area contributed by atoms with Crippen LogP contribution in [0.3, 0.4) is 0 Å². The molecule has 0 saturated heterocycles. The van der Waals surface area contributed by atoms with Crippen LogP contribution in [0.5, 0.6) is 0 Å². The number of anilines is 2. The molecule has 1 fully saturated rings. The number of aryl methyl sites for hydroxylation is 1. The number of nitrogen functional groups attached to an aromatic ring is 1. The molecular formula is C15H24FN3O. The van der Waals surface area contributed by atoms with Gasteiger partial charge in [-0.2, -0.15) is 0 Å². The van der Waals surface area contributed by atoms with Crippen molar-refractivity contribution in [1.29, 1.82) is 0 Å².